The topological polar surface area (TPSA) is 194 Å². The number of carbonyl (C=O) groups is 6. The SMILES string of the molecule is CCCCNC(=O)N1Cc2ccc(cc2)CN(C(=O)NCCCC)C2CCCCC2N(C(=O)NCCCC)Cc2ccc(cc2)CN(C(=O)NCCCC)C2CCCCC2N(C(=O)NCCCC)Cc2ccc(cc2)CN(C(=O)NCCCC)C2CCCCC21. The maximum atomic E-state index is 14.8. The second-order valence-corrected chi connectivity index (χ2v) is 26.0. The summed E-state index contributed by atoms with van der Waals surface area (Å²) < 4.78 is 0. The van der Waals surface area contributed by atoms with Gasteiger partial charge in [-0.25, -0.2) is 28.8 Å². The molecule has 12 amide bonds. The van der Waals surface area contributed by atoms with E-state index in [0.717, 1.165) is 187 Å². The predicted molar refractivity (Wildman–Crippen MR) is 361 cm³/mol. The first-order valence-electron chi connectivity index (χ1n) is 35.4. The van der Waals surface area contributed by atoms with Gasteiger partial charge in [-0.05, 0) is 110 Å². The highest BCUT2D eigenvalue weighted by Gasteiger charge is 2.42. The van der Waals surface area contributed by atoms with Crippen molar-refractivity contribution in [2.24, 2.45) is 0 Å². The fraction of sp³-hybridized carbons (Fsp3) is 0.667. The van der Waals surface area contributed by atoms with E-state index < -0.39 is 0 Å². The van der Waals surface area contributed by atoms with Crippen LogP contribution in [0.3, 0.4) is 0 Å². The third-order valence-corrected chi connectivity index (χ3v) is 19.1. The number of amides is 12. The first kappa shape index (κ1) is 70.7. The zero-order valence-corrected chi connectivity index (χ0v) is 56.0. The Balaban J connectivity index is 1.36. The third-order valence-electron chi connectivity index (χ3n) is 19.1. The van der Waals surface area contributed by atoms with E-state index in [1.807, 2.05) is 29.4 Å². The van der Waals surface area contributed by atoms with Crippen molar-refractivity contribution in [3.8, 4) is 0 Å². The molecule has 6 atom stereocenters. The maximum Gasteiger partial charge on any atom is 0.318 e. The van der Waals surface area contributed by atoms with Crippen LogP contribution in [0.4, 0.5) is 28.8 Å². The van der Waals surface area contributed by atoms with Crippen LogP contribution in [0.25, 0.3) is 0 Å². The molecule has 3 fully saturated rings. The molecule has 18 nitrogen and oxygen atoms in total. The lowest BCUT2D eigenvalue weighted by Crippen LogP contribution is -2.59. The zero-order chi connectivity index (χ0) is 64.0. The maximum absolute atomic E-state index is 14.8. The van der Waals surface area contributed by atoms with Crippen LogP contribution >= 0.6 is 0 Å². The Hall–Kier alpha value is -6.72. The largest absolute Gasteiger partial charge is 0.338 e. The summed E-state index contributed by atoms with van der Waals surface area (Å²) in [5.41, 5.74) is 5.72. The van der Waals surface area contributed by atoms with Crippen molar-refractivity contribution in [2.45, 2.75) is 271 Å². The Bertz CT molecular complexity index is 2180. The summed E-state index contributed by atoms with van der Waals surface area (Å²) in [5, 5.41) is 19.6. The van der Waals surface area contributed by atoms with Crippen LogP contribution in [0.5, 0.6) is 0 Å². The van der Waals surface area contributed by atoms with E-state index in [0.29, 0.717) is 78.5 Å². The lowest BCUT2D eigenvalue weighted by atomic mass is 9.87. The molecule has 4 aliphatic heterocycles. The van der Waals surface area contributed by atoms with E-state index in [4.69, 9.17) is 0 Å². The van der Waals surface area contributed by atoms with Gasteiger partial charge >= 0.3 is 36.2 Å². The Labute approximate surface area is 540 Å². The molecule has 6 N–H and O–H groups in total. The summed E-state index contributed by atoms with van der Waals surface area (Å²) in [6, 6.07) is 22.5. The molecule has 4 heterocycles. The van der Waals surface area contributed by atoms with Gasteiger partial charge in [0.25, 0.3) is 0 Å². The Morgan fingerprint density at radius 2 is 0.400 bits per heavy atom. The summed E-state index contributed by atoms with van der Waals surface area (Å²) in [6.45, 7) is 18.0. The highest BCUT2D eigenvalue weighted by molar-refractivity contribution is 5.78. The molecule has 10 rings (SSSR count). The van der Waals surface area contributed by atoms with Crippen molar-refractivity contribution in [1.82, 2.24) is 61.3 Å². The number of hydrogen-bond acceptors (Lipinski definition) is 6. The normalized spacial score (nSPS) is 21.1. The van der Waals surface area contributed by atoms with Crippen LogP contribution < -0.4 is 31.9 Å². The summed E-state index contributed by atoms with van der Waals surface area (Å²) in [5.74, 6) is 0. The number of nitrogens with zero attached hydrogens (tertiary/aromatic N) is 6. The van der Waals surface area contributed by atoms with E-state index in [1.54, 1.807) is 0 Å². The third kappa shape index (κ3) is 20.9. The molecule has 7 aliphatic rings. The molecule has 3 saturated carbocycles. The van der Waals surface area contributed by atoms with Crippen molar-refractivity contribution in [1.29, 1.82) is 0 Å². The Morgan fingerprint density at radius 3 is 0.522 bits per heavy atom. The fourth-order valence-corrected chi connectivity index (χ4v) is 13.8. The van der Waals surface area contributed by atoms with Gasteiger partial charge in [0.15, 0.2) is 0 Å². The minimum absolute atomic E-state index is 0.146. The molecular formula is C72H114N12O6. The second-order valence-electron chi connectivity index (χ2n) is 26.0. The lowest BCUT2D eigenvalue weighted by molar-refractivity contribution is 0.0717. The van der Waals surface area contributed by atoms with E-state index in [2.05, 4.69) is 146 Å². The molecule has 0 aromatic heterocycles. The number of rotatable bonds is 18. The van der Waals surface area contributed by atoms with Crippen molar-refractivity contribution in [3.05, 3.63) is 106 Å². The zero-order valence-electron chi connectivity index (χ0n) is 56.0. The number of fused-ring (bicyclic) bond motifs is 3. The molecule has 90 heavy (non-hydrogen) atoms. The van der Waals surface area contributed by atoms with Gasteiger partial charge in [-0.15, -0.1) is 0 Å². The smallest absolute Gasteiger partial charge is 0.318 e. The van der Waals surface area contributed by atoms with Crippen molar-refractivity contribution in [2.75, 3.05) is 39.3 Å². The molecule has 0 radical (unpaired) electrons. The van der Waals surface area contributed by atoms with Gasteiger partial charge in [0.2, 0.25) is 0 Å². The van der Waals surface area contributed by atoms with Gasteiger partial charge < -0.3 is 61.3 Å². The fourth-order valence-electron chi connectivity index (χ4n) is 13.8. The first-order valence-corrected chi connectivity index (χ1v) is 35.4. The molecule has 6 unspecified atom stereocenters. The number of nitrogens with one attached hydrogen (secondary N) is 6. The van der Waals surface area contributed by atoms with E-state index >= 15 is 0 Å². The van der Waals surface area contributed by atoms with Gasteiger partial charge in [0.05, 0.1) is 36.3 Å². The highest BCUT2D eigenvalue weighted by atomic mass is 16.2. The Morgan fingerprint density at radius 1 is 0.267 bits per heavy atom. The number of benzene rings is 3. The summed E-state index contributed by atoms with van der Waals surface area (Å²) in [7, 11) is 0. The summed E-state index contributed by atoms with van der Waals surface area (Å²) >= 11 is 0. The number of hydrogen-bond donors (Lipinski definition) is 6. The van der Waals surface area contributed by atoms with Crippen LogP contribution in [0.1, 0.15) is 229 Å². The Kier molecular flexibility index (Phi) is 30.0. The molecule has 3 aromatic carbocycles. The average Bonchev–Trinajstić information content (AvgIpc) is 0.941. The molecule has 498 valence electrons. The van der Waals surface area contributed by atoms with Gasteiger partial charge in [0.1, 0.15) is 0 Å². The molecule has 6 bridgehead atoms. The molecular weight excluding hydrogens is 1130 g/mol. The van der Waals surface area contributed by atoms with Crippen LogP contribution in [0, 0.1) is 0 Å². The number of unbranched alkanes of at least 4 members (excludes halogenated alkanes) is 6. The van der Waals surface area contributed by atoms with Gasteiger partial charge in [-0.1, -0.05) is 191 Å². The summed E-state index contributed by atoms with van der Waals surface area (Å²) in [6.07, 6.45) is 20.7. The van der Waals surface area contributed by atoms with Crippen LogP contribution in [-0.4, -0.2) is 141 Å². The van der Waals surface area contributed by atoms with Crippen molar-refractivity contribution >= 4 is 36.2 Å². The minimum Gasteiger partial charge on any atom is -0.338 e. The molecule has 3 aliphatic carbocycles. The predicted octanol–water partition coefficient (Wildman–Crippen LogP) is 13.9. The van der Waals surface area contributed by atoms with Crippen LogP contribution in [-0.2, 0) is 39.3 Å². The van der Waals surface area contributed by atoms with Gasteiger partial charge in [0, 0.05) is 78.5 Å². The van der Waals surface area contributed by atoms with Gasteiger partial charge in [-0.3, -0.25) is 0 Å². The standard InChI is InChI=1S/C72H114N12O6/c1-7-13-43-73-67(85)79-49-55-31-33-56(34-32-55)51-81(69(87)75-45-15-9-3)63-27-21-22-28-64(63)83(71(89)77-47-17-11-5)53-59-39-41-60(42-40-59)54-84(72(90)78-48-18-12-6)66-30-24-23-29-65(66)82(70(88)76-46-16-10-4)52-58-37-35-57(36-38-58)50-80(68(86)74-44-14-8-2)62-26-20-19-25-61(62)79/h31-42,61-66H,7-30,43-54H2,1-6H3,(H,73,85)(H,74,86)(H,75,87)(H,76,88)(H,77,89)(H,78,90). The number of urea groups is 6. The quantitative estimate of drug-likeness (QED) is 0.0686. The molecule has 3 aromatic rings. The first-order chi connectivity index (χ1) is 43.9. The van der Waals surface area contributed by atoms with Crippen LogP contribution in [0.2, 0.25) is 0 Å². The van der Waals surface area contributed by atoms with E-state index in [9.17, 15) is 28.8 Å². The lowest BCUT2D eigenvalue weighted by Gasteiger charge is -2.45. The van der Waals surface area contributed by atoms with Crippen LogP contribution in [0.15, 0.2) is 72.8 Å². The minimum atomic E-state index is -0.279. The molecule has 0 saturated heterocycles. The van der Waals surface area contributed by atoms with Crippen molar-refractivity contribution in [3.63, 3.8) is 0 Å². The molecule has 18 heteroatoms. The average molecular weight is 1240 g/mol. The molecule has 0 spiro atoms. The monoisotopic (exact) mass is 1240 g/mol. The van der Waals surface area contributed by atoms with E-state index in [-0.39, 0.29) is 72.4 Å². The van der Waals surface area contributed by atoms with E-state index in [1.165, 1.54) is 0 Å². The summed E-state index contributed by atoms with van der Waals surface area (Å²) in [4.78, 5) is 101. The second kappa shape index (κ2) is 38.2. The highest BCUT2D eigenvalue weighted by Crippen LogP contribution is 2.35. The van der Waals surface area contributed by atoms with Gasteiger partial charge in [-0.2, -0.15) is 0 Å². The number of carbonyl (C=O) groups excluding carboxylic acids is 6. The van der Waals surface area contributed by atoms with Crippen molar-refractivity contribution < 1.29 is 28.8 Å².